The summed E-state index contributed by atoms with van der Waals surface area (Å²) in [7, 11) is 2.07. The highest BCUT2D eigenvalue weighted by Crippen LogP contribution is 2.56. The van der Waals surface area contributed by atoms with Gasteiger partial charge in [0.1, 0.15) is 5.69 Å². The van der Waals surface area contributed by atoms with E-state index in [-0.39, 0.29) is 5.41 Å². The van der Waals surface area contributed by atoms with Crippen LogP contribution in [0.3, 0.4) is 0 Å². The van der Waals surface area contributed by atoms with E-state index in [1.54, 1.807) is 0 Å². The summed E-state index contributed by atoms with van der Waals surface area (Å²) in [5.74, 6) is 0.839. The lowest BCUT2D eigenvalue weighted by atomic mass is 9.77. The Labute approximate surface area is 180 Å². The molecule has 0 amide bonds. The fourth-order valence-electron chi connectivity index (χ4n) is 5.19. The minimum absolute atomic E-state index is 0.351. The Bertz CT molecular complexity index is 1390. The maximum absolute atomic E-state index is 6.99. The maximum Gasteiger partial charge on any atom is 0.228 e. The number of fused-ring (bicyclic) bond motifs is 7. The molecular weight excluding hydrogens is 392 g/mol. The number of halogens is 1. The lowest BCUT2D eigenvalue weighted by molar-refractivity contribution is 0.0844. The van der Waals surface area contributed by atoms with Gasteiger partial charge in [-0.25, -0.2) is 0 Å². The van der Waals surface area contributed by atoms with Crippen molar-refractivity contribution in [2.75, 3.05) is 11.9 Å². The van der Waals surface area contributed by atoms with Gasteiger partial charge in [-0.2, -0.15) is 0 Å². The molecule has 0 saturated carbocycles. The van der Waals surface area contributed by atoms with Crippen LogP contribution in [0.15, 0.2) is 71.7 Å². The van der Waals surface area contributed by atoms with Crippen LogP contribution in [0, 0.1) is 0 Å². The number of aliphatic imine (C=N–C) groups is 1. The molecule has 2 heterocycles. The molecule has 0 N–H and O–H groups in total. The maximum atomic E-state index is 6.99. The molecular formula is C26H21ClN2O. The second-order valence-electron chi connectivity index (χ2n) is 8.67. The van der Waals surface area contributed by atoms with Gasteiger partial charge >= 0.3 is 0 Å². The third kappa shape index (κ3) is 2.03. The van der Waals surface area contributed by atoms with Gasteiger partial charge in [0.2, 0.25) is 5.72 Å². The van der Waals surface area contributed by atoms with Crippen LogP contribution >= 0.6 is 11.6 Å². The summed E-state index contributed by atoms with van der Waals surface area (Å²) in [6.07, 6.45) is 1.98. The number of anilines is 1. The van der Waals surface area contributed by atoms with Crippen LogP contribution in [0.25, 0.3) is 21.5 Å². The monoisotopic (exact) mass is 412 g/mol. The molecule has 30 heavy (non-hydrogen) atoms. The first-order valence-electron chi connectivity index (χ1n) is 10.2. The van der Waals surface area contributed by atoms with E-state index in [1.165, 1.54) is 10.8 Å². The summed E-state index contributed by atoms with van der Waals surface area (Å²) in [6.45, 7) is 4.40. The number of ether oxygens (including phenoxy) is 1. The van der Waals surface area contributed by atoms with Gasteiger partial charge in [0, 0.05) is 28.5 Å². The first kappa shape index (κ1) is 17.8. The summed E-state index contributed by atoms with van der Waals surface area (Å²) >= 11 is 6.36. The summed E-state index contributed by atoms with van der Waals surface area (Å²) in [5, 5.41) is 5.30. The number of likely N-dealkylation sites (N-methyl/N-ethyl adjacent to an activating group) is 1. The number of hydrogen-bond acceptors (Lipinski definition) is 3. The van der Waals surface area contributed by atoms with E-state index in [4.69, 9.17) is 21.3 Å². The van der Waals surface area contributed by atoms with Gasteiger partial charge in [0.25, 0.3) is 0 Å². The van der Waals surface area contributed by atoms with Crippen molar-refractivity contribution in [1.82, 2.24) is 0 Å². The molecule has 0 saturated heterocycles. The van der Waals surface area contributed by atoms with Crippen molar-refractivity contribution < 1.29 is 4.74 Å². The second-order valence-corrected chi connectivity index (χ2v) is 9.11. The third-order valence-electron chi connectivity index (χ3n) is 6.87. The molecule has 2 aliphatic heterocycles. The van der Waals surface area contributed by atoms with Crippen molar-refractivity contribution in [2.45, 2.75) is 25.0 Å². The number of nitrogens with zero attached hydrogens (tertiary/aromatic N) is 2. The van der Waals surface area contributed by atoms with Gasteiger partial charge in [-0.05, 0) is 48.4 Å². The molecule has 4 aromatic rings. The van der Waals surface area contributed by atoms with Crippen molar-refractivity contribution in [1.29, 1.82) is 0 Å². The Morgan fingerprint density at radius 2 is 1.50 bits per heavy atom. The zero-order valence-electron chi connectivity index (χ0n) is 17.1. The highest BCUT2D eigenvalue weighted by molar-refractivity contribution is 6.30. The summed E-state index contributed by atoms with van der Waals surface area (Å²) in [5.41, 5.74) is 2.09. The van der Waals surface area contributed by atoms with E-state index >= 15 is 0 Å². The fraction of sp³-hybridized carbons (Fsp3) is 0.192. The van der Waals surface area contributed by atoms with Crippen LogP contribution in [0.2, 0.25) is 5.02 Å². The van der Waals surface area contributed by atoms with E-state index in [9.17, 15) is 0 Å². The van der Waals surface area contributed by atoms with Crippen LogP contribution in [0.4, 0.5) is 11.4 Å². The Morgan fingerprint density at radius 1 is 0.867 bits per heavy atom. The average Bonchev–Trinajstić information content (AvgIpc) is 2.92. The first-order valence-corrected chi connectivity index (χ1v) is 10.5. The normalized spacial score (nSPS) is 21.1. The zero-order chi connectivity index (χ0) is 20.7. The minimum Gasteiger partial charge on any atom is -0.459 e. The lowest BCUT2D eigenvalue weighted by Gasteiger charge is -2.45. The molecule has 0 aliphatic carbocycles. The van der Waals surface area contributed by atoms with Gasteiger partial charge in [-0.1, -0.05) is 60.1 Å². The topological polar surface area (TPSA) is 24.8 Å². The highest BCUT2D eigenvalue weighted by Gasteiger charge is 2.58. The molecule has 0 bridgehead atoms. The van der Waals surface area contributed by atoms with Gasteiger partial charge in [0.05, 0.1) is 11.6 Å². The van der Waals surface area contributed by atoms with Gasteiger partial charge in [0.15, 0.2) is 5.75 Å². The molecule has 2 aliphatic rings. The van der Waals surface area contributed by atoms with E-state index in [2.05, 4.69) is 80.4 Å². The predicted molar refractivity (Wildman–Crippen MR) is 126 cm³/mol. The van der Waals surface area contributed by atoms with Crippen LogP contribution in [0.1, 0.15) is 19.4 Å². The molecule has 4 aromatic carbocycles. The minimum atomic E-state index is -0.738. The predicted octanol–water partition coefficient (Wildman–Crippen LogP) is 6.87. The zero-order valence-corrected chi connectivity index (χ0v) is 17.9. The fourth-order valence-corrected chi connectivity index (χ4v) is 5.36. The Balaban J connectivity index is 1.66. The molecule has 6 rings (SSSR count). The second kappa shape index (κ2) is 5.77. The molecule has 1 spiro atoms. The van der Waals surface area contributed by atoms with Crippen LogP contribution in [0.5, 0.6) is 5.75 Å². The molecule has 0 aromatic heterocycles. The summed E-state index contributed by atoms with van der Waals surface area (Å²) < 4.78 is 6.99. The SMILES string of the molecule is CN1c2ccc(Cl)cc2C(C)(C)C12C=Nc1c(c3ccccc3c3ccccc13)O2. The lowest BCUT2D eigenvalue weighted by Crippen LogP contribution is -2.61. The van der Waals surface area contributed by atoms with Crippen LogP contribution in [-0.2, 0) is 5.41 Å². The van der Waals surface area contributed by atoms with Crippen LogP contribution in [-0.4, -0.2) is 19.0 Å². The molecule has 1 atom stereocenters. The van der Waals surface area contributed by atoms with E-state index in [0.29, 0.717) is 0 Å². The average molecular weight is 413 g/mol. The van der Waals surface area contributed by atoms with E-state index in [1.807, 2.05) is 18.3 Å². The number of rotatable bonds is 0. The van der Waals surface area contributed by atoms with Gasteiger partial charge in [-0.15, -0.1) is 0 Å². The van der Waals surface area contributed by atoms with Gasteiger partial charge < -0.3 is 9.64 Å². The molecule has 148 valence electrons. The number of hydrogen-bond donors (Lipinski definition) is 0. The smallest absolute Gasteiger partial charge is 0.228 e. The quantitative estimate of drug-likeness (QED) is 0.294. The van der Waals surface area contributed by atoms with Crippen molar-refractivity contribution in [2.24, 2.45) is 4.99 Å². The third-order valence-corrected chi connectivity index (χ3v) is 7.11. The summed E-state index contributed by atoms with van der Waals surface area (Å²) in [4.78, 5) is 7.22. The van der Waals surface area contributed by atoms with Crippen molar-refractivity contribution >= 4 is 50.7 Å². The highest BCUT2D eigenvalue weighted by atomic mass is 35.5. The van der Waals surface area contributed by atoms with E-state index in [0.717, 1.165) is 38.5 Å². The van der Waals surface area contributed by atoms with Crippen LogP contribution < -0.4 is 9.64 Å². The largest absolute Gasteiger partial charge is 0.459 e. The molecule has 0 fully saturated rings. The first-order chi connectivity index (χ1) is 14.4. The van der Waals surface area contributed by atoms with E-state index < -0.39 is 5.72 Å². The Kier molecular flexibility index (Phi) is 3.42. The van der Waals surface area contributed by atoms with Crippen molar-refractivity contribution in [3.05, 3.63) is 77.3 Å². The Hall–Kier alpha value is -3.04. The Morgan fingerprint density at radius 3 is 2.23 bits per heavy atom. The van der Waals surface area contributed by atoms with Gasteiger partial charge in [-0.3, -0.25) is 4.99 Å². The van der Waals surface area contributed by atoms with Crippen molar-refractivity contribution in [3.63, 3.8) is 0 Å². The molecule has 0 radical (unpaired) electrons. The molecule has 3 nitrogen and oxygen atoms in total. The number of benzene rings is 4. The summed E-state index contributed by atoms with van der Waals surface area (Å²) in [6, 6.07) is 22.9. The molecule has 1 unspecified atom stereocenters. The molecule has 4 heteroatoms. The standard InChI is InChI=1S/C26H21ClN2O/c1-25(2)21-14-16(27)12-13-22(21)29(3)26(25)15-28-23-19-10-6-4-8-17(19)18-9-5-7-11-20(18)24(23)30-26/h4-15H,1-3H3. The van der Waals surface area contributed by atoms with Crippen molar-refractivity contribution in [3.8, 4) is 5.75 Å².